The van der Waals surface area contributed by atoms with Crippen molar-refractivity contribution in [3.05, 3.63) is 66.7 Å². The zero-order valence-electron chi connectivity index (χ0n) is 13.3. The maximum Gasteiger partial charge on any atom is 0.261 e. The van der Waals surface area contributed by atoms with Crippen molar-refractivity contribution in [3.8, 4) is 11.3 Å². The Kier molecular flexibility index (Phi) is 4.66. The normalized spacial score (nSPS) is 11.4. The van der Waals surface area contributed by atoms with Gasteiger partial charge in [0.1, 0.15) is 0 Å². The monoisotopic (exact) mass is 342 g/mol. The van der Waals surface area contributed by atoms with E-state index in [0.717, 1.165) is 24.0 Å². The summed E-state index contributed by atoms with van der Waals surface area (Å²) in [5.41, 5.74) is 2.36. The second-order valence-electron chi connectivity index (χ2n) is 5.45. The number of aromatic nitrogens is 1. The number of benzene rings is 2. The molecule has 0 amide bonds. The van der Waals surface area contributed by atoms with Crippen LogP contribution in [0.3, 0.4) is 0 Å². The summed E-state index contributed by atoms with van der Waals surface area (Å²) in [5, 5.41) is 0. The van der Waals surface area contributed by atoms with Crippen molar-refractivity contribution in [2.45, 2.75) is 24.7 Å². The van der Waals surface area contributed by atoms with E-state index in [9.17, 15) is 8.42 Å². The zero-order valence-corrected chi connectivity index (χ0v) is 14.1. The largest absolute Gasteiger partial charge is 0.444 e. The van der Waals surface area contributed by atoms with Crippen LogP contribution in [0.25, 0.3) is 11.3 Å². The molecule has 1 N–H and O–H groups in total. The summed E-state index contributed by atoms with van der Waals surface area (Å²) in [7, 11) is -3.63. The molecule has 0 atom stereocenters. The van der Waals surface area contributed by atoms with Gasteiger partial charge in [-0.3, -0.25) is 4.72 Å². The fraction of sp³-hybridized carbons (Fsp3) is 0.167. The van der Waals surface area contributed by atoms with E-state index in [1.165, 1.54) is 6.39 Å². The van der Waals surface area contributed by atoms with Crippen molar-refractivity contribution < 1.29 is 12.8 Å². The van der Waals surface area contributed by atoms with Crippen molar-refractivity contribution in [2.24, 2.45) is 0 Å². The minimum atomic E-state index is -3.63. The SMILES string of the molecule is CCCc1ccc(S(=O)(=O)Nc2cccc(-c3cnco3)c2)cc1. The highest BCUT2D eigenvalue weighted by Gasteiger charge is 2.14. The predicted octanol–water partition coefficient (Wildman–Crippen LogP) is 4.09. The second-order valence-corrected chi connectivity index (χ2v) is 7.13. The molecular formula is C18H18N2O3S. The molecule has 0 saturated heterocycles. The Morgan fingerprint density at radius 2 is 1.92 bits per heavy atom. The molecule has 0 aliphatic carbocycles. The molecule has 0 fully saturated rings. The van der Waals surface area contributed by atoms with Crippen LogP contribution < -0.4 is 4.72 Å². The smallest absolute Gasteiger partial charge is 0.261 e. The molecule has 5 nitrogen and oxygen atoms in total. The zero-order chi connectivity index (χ0) is 17.0. The van der Waals surface area contributed by atoms with Crippen LogP contribution in [0.5, 0.6) is 0 Å². The number of nitrogens with zero attached hydrogens (tertiary/aromatic N) is 1. The Morgan fingerprint density at radius 1 is 1.12 bits per heavy atom. The van der Waals surface area contributed by atoms with E-state index in [0.29, 0.717) is 11.4 Å². The van der Waals surface area contributed by atoms with E-state index < -0.39 is 10.0 Å². The first kappa shape index (κ1) is 16.3. The van der Waals surface area contributed by atoms with Gasteiger partial charge in [-0.1, -0.05) is 37.6 Å². The topological polar surface area (TPSA) is 72.2 Å². The van der Waals surface area contributed by atoms with Gasteiger partial charge >= 0.3 is 0 Å². The third-order valence-electron chi connectivity index (χ3n) is 3.60. The fourth-order valence-corrected chi connectivity index (χ4v) is 3.48. The number of hydrogen-bond donors (Lipinski definition) is 1. The molecule has 0 saturated carbocycles. The molecule has 0 unspecified atom stereocenters. The molecule has 124 valence electrons. The molecular weight excluding hydrogens is 324 g/mol. The summed E-state index contributed by atoms with van der Waals surface area (Å²) in [6, 6.07) is 14.0. The summed E-state index contributed by atoms with van der Waals surface area (Å²) < 4.78 is 32.9. The van der Waals surface area contributed by atoms with Gasteiger partial charge in [0, 0.05) is 11.3 Å². The highest BCUT2D eigenvalue weighted by atomic mass is 32.2. The van der Waals surface area contributed by atoms with Gasteiger partial charge in [0.25, 0.3) is 10.0 Å². The van der Waals surface area contributed by atoms with Crippen LogP contribution in [-0.4, -0.2) is 13.4 Å². The molecule has 1 aromatic heterocycles. The minimum absolute atomic E-state index is 0.243. The standard InChI is InChI=1S/C18H18N2O3S/c1-2-4-14-7-9-17(10-8-14)24(21,22)20-16-6-3-5-15(11-16)18-12-19-13-23-18/h3,5-13,20H,2,4H2,1H3. The minimum Gasteiger partial charge on any atom is -0.444 e. The lowest BCUT2D eigenvalue weighted by Crippen LogP contribution is -2.12. The van der Waals surface area contributed by atoms with Crippen molar-refractivity contribution in [1.29, 1.82) is 0 Å². The van der Waals surface area contributed by atoms with Crippen molar-refractivity contribution in [3.63, 3.8) is 0 Å². The summed E-state index contributed by atoms with van der Waals surface area (Å²) >= 11 is 0. The Hall–Kier alpha value is -2.60. The molecule has 0 aliphatic rings. The van der Waals surface area contributed by atoms with E-state index in [-0.39, 0.29) is 4.90 Å². The van der Waals surface area contributed by atoms with Crippen LogP contribution in [-0.2, 0) is 16.4 Å². The van der Waals surface area contributed by atoms with E-state index in [1.54, 1.807) is 36.5 Å². The van der Waals surface area contributed by atoms with Crippen molar-refractivity contribution >= 4 is 15.7 Å². The molecule has 0 aliphatic heterocycles. The lowest BCUT2D eigenvalue weighted by atomic mass is 10.1. The summed E-state index contributed by atoms with van der Waals surface area (Å²) in [5.74, 6) is 0.583. The third-order valence-corrected chi connectivity index (χ3v) is 5.00. The van der Waals surface area contributed by atoms with Gasteiger partial charge in [-0.2, -0.15) is 0 Å². The average Bonchev–Trinajstić information content (AvgIpc) is 3.10. The first-order valence-corrected chi connectivity index (χ1v) is 9.17. The van der Waals surface area contributed by atoms with E-state index >= 15 is 0 Å². The van der Waals surface area contributed by atoms with Gasteiger partial charge in [-0.15, -0.1) is 0 Å². The van der Waals surface area contributed by atoms with Crippen LogP contribution in [0.2, 0.25) is 0 Å². The van der Waals surface area contributed by atoms with Crippen molar-refractivity contribution in [2.75, 3.05) is 4.72 Å². The molecule has 3 aromatic rings. The van der Waals surface area contributed by atoms with Gasteiger partial charge in [0.05, 0.1) is 11.1 Å². The maximum atomic E-state index is 12.5. The molecule has 0 bridgehead atoms. The highest BCUT2D eigenvalue weighted by molar-refractivity contribution is 7.92. The van der Waals surface area contributed by atoms with Gasteiger partial charge in [-0.05, 0) is 36.2 Å². The Labute approximate surface area is 141 Å². The first-order chi connectivity index (χ1) is 11.6. The molecule has 3 rings (SSSR count). The van der Waals surface area contributed by atoms with Gasteiger partial charge in [0.2, 0.25) is 0 Å². The summed E-state index contributed by atoms with van der Waals surface area (Å²) in [6.45, 7) is 2.09. The second kappa shape index (κ2) is 6.88. The molecule has 2 aromatic carbocycles. The maximum absolute atomic E-state index is 12.5. The number of hydrogen-bond acceptors (Lipinski definition) is 4. The Bertz CT molecular complexity index is 902. The number of aryl methyl sites for hydroxylation is 1. The molecule has 0 radical (unpaired) electrons. The third kappa shape index (κ3) is 3.65. The lowest BCUT2D eigenvalue weighted by molar-refractivity contribution is 0.572. The quantitative estimate of drug-likeness (QED) is 0.732. The van der Waals surface area contributed by atoms with E-state index in [2.05, 4.69) is 16.6 Å². The fourth-order valence-electron chi connectivity index (χ4n) is 2.43. The lowest BCUT2D eigenvalue weighted by Gasteiger charge is -2.09. The van der Waals surface area contributed by atoms with Crippen LogP contribution in [0.15, 0.2) is 70.4 Å². The Balaban J connectivity index is 1.83. The van der Waals surface area contributed by atoms with Crippen LogP contribution in [0, 0.1) is 0 Å². The number of oxazole rings is 1. The number of rotatable bonds is 6. The van der Waals surface area contributed by atoms with Crippen LogP contribution in [0.1, 0.15) is 18.9 Å². The predicted molar refractivity (Wildman–Crippen MR) is 93.2 cm³/mol. The molecule has 24 heavy (non-hydrogen) atoms. The molecule has 6 heteroatoms. The van der Waals surface area contributed by atoms with E-state index in [1.807, 2.05) is 18.2 Å². The van der Waals surface area contributed by atoms with Gasteiger partial charge < -0.3 is 4.42 Å². The van der Waals surface area contributed by atoms with Crippen LogP contribution >= 0.6 is 0 Å². The van der Waals surface area contributed by atoms with Crippen LogP contribution in [0.4, 0.5) is 5.69 Å². The number of anilines is 1. The van der Waals surface area contributed by atoms with Gasteiger partial charge in [0.15, 0.2) is 12.2 Å². The van der Waals surface area contributed by atoms with E-state index in [4.69, 9.17) is 4.42 Å². The Morgan fingerprint density at radius 3 is 2.58 bits per heavy atom. The first-order valence-electron chi connectivity index (χ1n) is 7.69. The average molecular weight is 342 g/mol. The molecule has 1 heterocycles. The summed E-state index contributed by atoms with van der Waals surface area (Å²) in [4.78, 5) is 4.11. The number of sulfonamides is 1. The highest BCUT2D eigenvalue weighted by Crippen LogP contribution is 2.24. The van der Waals surface area contributed by atoms with Gasteiger partial charge in [-0.25, -0.2) is 13.4 Å². The molecule has 0 spiro atoms. The number of nitrogens with one attached hydrogen (secondary N) is 1. The van der Waals surface area contributed by atoms with Crippen molar-refractivity contribution in [1.82, 2.24) is 4.98 Å². The summed E-state index contributed by atoms with van der Waals surface area (Å²) in [6.07, 6.45) is 4.88.